The minimum absolute atomic E-state index is 0.142. The van der Waals surface area contributed by atoms with Gasteiger partial charge in [0.25, 0.3) is 11.5 Å². The zero-order valence-corrected chi connectivity index (χ0v) is 10.7. The van der Waals surface area contributed by atoms with Gasteiger partial charge in [-0.15, -0.1) is 0 Å². The SMILES string of the molecule is Cc1nc(CNC(=O)c2ccc(C#N)nc2)cc(=O)[nH]1. The van der Waals surface area contributed by atoms with Gasteiger partial charge in [-0.05, 0) is 19.1 Å². The Morgan fingerprint density at radius 1 is 1.50 bits per heavy atom. The number of nitriles is 1. The summed E-state index contributed by atoms with van der Waals surface area (Å²) in [4.78, 5) is 33.5. The van der Waals surface area contributed by atoms with Crippen molar-refractivity contribution in [3.8, 4) is 6.07 Å². The van der Waals surface area contributed by atoms with Crippen molar-refractivity contribution in [1.29, 1.82) is 5.26 Å². The fourth-order valence-electron chi connectivity index (χ4n) is 1.60. The first-order chi connectivity index (χ1) is 9.58. The van der Waals surface area contributed by atoms with Gasteiger partial charge in [0.2, 0.25) is 0 Å². The van der Waals surface area contributed by atoms with Gasteiger partial charge >= 0.3 is 0 Å². The molecule has 0 spiro atoms. The molecule has 2 N–H and O–H groups in total. The molecule has 1 amide bonds. The smallest absolute Gasteiger partial charge is 0.253 e. The van der Waals surface area contributed by atoms with Crippen LogP contribution in [0.15, 0.2) is 29.2 Å². The number of nitrogens with one attached hydrogen (secondary N) is 2. The predicted octanol–water partition coefficient (Wildman–Crippen LogP) is 0.275. The molecular formula is C13H11N5O2. The van der Waals surface area contributed by atoms with E-state index in [1.807, 2.05) is 6.07 Å². The molecule has 100 valence electrons. The van der Waals surface area contributed by atoms with Crippen LogP contribution < -0.4 is 10.9 Å². The van der Waals surface area contributed by atoms with Crippen LogP contribution in [0.3, 0.4) is 0 Å². The Hall–Kier alpha value is -3.01. The van der Waals surface area contributed by atoms with Gasteiger partial charge in [0.05, 0.1) is 17.8 Å². The maximum Gasteiger partial charge on any atom is 0.253 e. The van der Waals surface area contributed by atoms with Crippen molar-refractivity contribution < 1.29 is 4.79 Å². The fourth-order valence-corrected chi connectivity index (χ4v) is 1.60. The molecule has 0 aromatic carbocycles. The third kappa shape index (κ3) is 3.26. The third-order valence-electron chi connectivity index (χ3n) is 2.48. The van der Waals surface area contributed by atoms with Crippen LogP contribution in [0.5, 0.6) is 0 Å². The van der Waals surface area contributed by atoms with E-state index in [-0.39, 0.29) is 23.7 Å². The van der Waals surface area contributed by atoms with Gasteiger partial charge < -0.3 is 10.3 Å². The van der Waals surface area contributed by atoms with Crippen LogP contribution in [0.1, 0.15) is 27.6 Å². The standard InChI is InChI=1S/C13H11N5O2/c1-8-17-11(4-12(19)18-8)7-16-13(20)9-2-3-10(5-14)15-6-9/h2-4,6H,7H2,1H3,(H,16,20)(H,17,18,19). The average Bonchev–Trinajstić information content (AvgIpc) is 2.44. The molecule has 2 aromatic heterocycles. The van der Waals surface area contributed by atoms with Gasteiger partial charge in [-0.2, -0.15) is 5.26 Å². The number of hydrogen-bond acceptors (Lipinski definition) is 5. The van der Waals surface area contributed by atoms with Gasteiger partial charge in [-0.25, -0.2) is 9.97 Å². The molecule has 2 rings (SSSR count). The molecule has 7 nitrogen and oxygen atoms in total. The first-order valence-electron chi connectivity index (χ1n) is 5.79. The summed E-state index contributed by atoms with van der Waals surface area (Å²) in [5.41, 5.74) is 0.794. The van der Waals surface area contributed by atoms with E-state index in [9.17, 15) is 9.59 Å². The number of aromatic nitrogens is 3. The molecule has 0 aliphatic carbocycles. The van der Waals surface area contributed by atoms with Crippen LogP contribution >= 0.6 is 0 Å². The van der Waals surface area contributed by atoms with Crippen LogP contribution in [0.2, 0.25) is 0 Å². The largest absolute Gasteiger partial charge is 0.346 e. The number of amides is 1. The Balaban J connectivity index is 2.04. The van der Waals surface area contributed by atoms with Gasteiger partial charge in [0, 0.05) is 12.3 Å². The first-order valence-corrected chi connectivity index (χ1v) is 5.79. The van der Waals surface area contributed by atoms with Crippen molar-refractivity contribution in [3.63, 3.8) is 0 Å². The van der Waals surface area contributed by atoms with Crippen LogP contribution in [-0.4, -0.2) is 20.9 Å². The average molecular weight is 269 g/mol. The lowest BCUT2D eigenvalue weighted by Gasteiger charge is -2.05. The van der Waals surface area contributed by atoms with Crippen molar-refractivity contribution in [2.75, 3.05) is 0 Å². The lowest BCUT2D eigenvalue weighted by Crippen LogP contribution is -2.25. The highest BCUT2D eigenvalue weighted by atomic mass is 16.1. The van der Waals surface area contributed by atoms with Crippen molar-refractivity contribution in [2.24, 2.45) is 0 Å². The summed E-state index contributed by atoms with van der Waals surface area (Å²) in [5.74, 6) is 0.142. The number of aryl methyl sites for hydroxylation is 1. The molecule has 0 fully saturated rings. The predicted molar refractivity (Wildman–Crippen MR) is 69.7 cm³/mol. The van der Waals surface area contributed by atoms with E-state index in [1.165, 1.54) is 24.4 Å². The molecule has 20 heavy (non-hydrogen) atoms. The Morgan fingerprint density at radius 2 is 2.30 bits per heavy atom. The number of pyridine rings is 1. The highest BCUT2D eigenvalue weighted by Gasteiger charge is 2.07. The molecule has 0 radical (unpaired) electrons. The minimum atomic E-state index is -0.346. The van der Waals surface area contributed by atoms with Gasteiger partial charge in [-0.3, -0.25) is 9.59 Å². The van der Waals surface area contributed by atoms with Crippen molar-refractivity contribution >= 4 is 5.91 Å². The van der Waals surface area contributed by atoms with E-state index in [0.717, 1.165) is 0 Å². The lowest BCUT2D eigenvalue weighted by atomic mass is 10.2. The quantitative estimate of drug-likeness (QED) is 0.831. The molecule has 0 saturated heterocycles. The van der Waals surface area contributed by atoms with E-state index < -0.39 is 0 Å². The van der Waals surface area contributed by atoms with E-state index in [1.54, 1.807) is 6.92 Å². The Labute approximate surface area is 114 Å². The molecule has 0 aliphatic rings. The summed E-state index contributed by atoms with van der Waals surface area (Å²) in [7, 11) is 0. The third-order valence-corrected chi connectivity index (χ3v) is 2.48. The number of H-pyrrole nitrogens is 1. The van der Waals surface area contributed by atoms with E-state index >= 15 is 0 Å². The molecule has 0 unspecified atom stereocenters. The zero-order valence-electron chi connectivity index (χ0n) is 10.7. The Bertz CT molecular complexity index is 728. The normalized spacial score (nSPS) is 9.80. The van der Waals surface area contributed by atoms with Crippen LogP contribution in [0, 0.1) is 18.3 Å². The number of carbonyl (C=O) groups is 1. The molecule has 0 atom stereocenters. The molecule has 0 bridgehead atoms. The molecular weight excluding hydrogens is 258 g/mol. The van der Waals surface area contributed by atoms with Gasteiger partial charge in [0.15, 0.2) is 0 Å². The van der Waals surface area contributed by atoms with Crippen LogP contribution in [0.25, 0.3) is 0 Å². The maximum absolute atomic E-state index is 11.8. The van der Waals surface area contributed by atoms with Crippen molar-refractivity contribution in [3.05, 3.63) is 57.5 Å². The van der Waals surface area contributed by atoms with Crippen LogP contribution in [0.4, 0.5) is 0 Å². The number of aromatic amines is 1. The van der Waals surface area contributed by atoms with E-state index in [4.69, 9.17) is 5.26 Å². The van der Waals surface area contributed by atoms with Crippen molar-refractivity contribution in [2.45, 2.75) is 13.5 Å². The molecule has 7 heteroatoms. The summed E-state index contributed by atoms with van der Waals surface area (Å²) in [6.45, 7) is 1.81. The summed E-state index contributed by atoms with van der Waals surface area (Å²) in [5, 5.41) is 11.2. The van der Waals surface area contributed by atoms with Gasteiger partial charge in [-0.1, -0.05) is 0 Å². The Kier molecular flexibility index (Phi) is 3.86. The van der Waals surface area contributed by atoms with Gasteiger partial charge in [0.1, 0.15) is 17.6 Å². The number of nitrogens with zero attached hydrogens (tertiary/aromatic N) is 3. The molecule has 2 heterocycles. The topological polar surface area (TPSA) is 112 Å². The van der Waals surface area contributed by atoms with Crippen LogP contribution in [-0.2, 0) is 6.54 Å². The van der Waals surface area contributed by atoms with Crippen molar-refractivity contribution in [1.82, 2.24) is 20.3 Å². The van der Waals surface area contributed by atoms with E-state index in [2.05, 4.69) is 20.3 Å². The molecule has 2 aromatic rings. The number of carbonyl (C=O) groups excluding carboxylic acids is 1. The zero-order chi connectivity index (χ0) is 14.5. The molecule has 0 saturated carbocycles. The number of hydrogen-bond donors (Lipinski definition) is 2. The highest BCUT2D eigenvalue weighted by Crippen LogP contribution is 2.00. The minimum Gasteiger partial charge on any atom is -0.346 e. The highest BCUT2D eigenvalue weighted by molar-refractivity contribution is 5.93. The fraction of sp³-hybridized carbons (Fsp3) is 0.154. The second kappa shape index (κ2) is 5.75. The summed E-state index contributed by atoms with van der Waals surface area (Å²) >= 11 is 0. The maximum atomic E-state index is 11.8. The lowest BCUT2D eigenvalue weighted by molar-refractivity contribution is 0.0950. The Morgan fingerprint density at radius 3 is 2.90 bits per heavy atom. The first kappa shape index (κ1) is 13.4. The summed E-state index contributed by atoms with van der Waals surface area (Å²) in [6, 6.07) is 6.17. The monoisotopic (exact) mass is 269 g/mol. The molecule has 0 aliphatic heterocycles. The number of rotatable bonds is 3. The second-order valence-corrected chi connectivity index (χ2v) is 4.05. The summed E-state index contributed by atoms with van der Waals surface area (Å²) < 4.78 is 0. The van der Waals surface area contributed by atoms with E-state index in [0.29, 0.717) is 17.1 Å². The second-order valence-electron chi connectivity index (χ2n) is 4.05. The summed E-state index contributed by atoms with van der Waals surface area (Å²) in [6.07, 6.45) is 1.32.